The Labute approximate surface area is 229 Å². The molecule has 1 aromatic rings. The van der Waals surface area contributed by atoms with Crippen LogP contribution in [0.5, 0.6) is 0 Å². The molecule has 0 aromatic carbocycles. The highest BCUT2D eigenvalue weighted by Gasteiger charge is 2.62. The Morgan fingerprint density at radius 2 is 1.56 bits per heavy atom. The Kier molecular flexibility index (Phi) is 9.18. The Hall–Kier alpha value is -1.74. The van der Waals surface area contributed by atoms with Crippen LogP contribution in [-0.2, 0) is 32.0 Å². The third-order valence-corrected chi connectivity index (χ3v) is 18.1. The third kappa shape index (κ3) is 5.86. The van der Waals surface area contributed by atoms with Gasteiger partial charge in [0.1, 0.15) is 18.3 Å². The number of hydrogen-bond acceptors (Lipinski definition) is 11. The van der Waals surface area contributed by atoms with Gasteiger partial charge in [0.25, 0.3) is 10.1 Å². The van der Waals surface area contributed by atoms with Crippen molar-refractivity contribution < 1.29 is 35.3 Å². The van der Waals surface area contributed by atoms with E-state index in [0.717, 1.165) is 23.1 Å². The lowest BCUT2D eigenvalue weighted by molar-refractivity contribution is -0.549. The molecular weight excluding hydrogens is 570 g/mol. The van der Waals surface area contributed by atoms with Gasteiger partial charge in [-0.3, -0.25) is 13.5 Å². The summed E-state index contributed by atoms with van der Waals surface area (Å²) in [6, 6.07) is 0.822. The van der Waals surface area contributed by atoms with Crippen LogP contribution in [-0.4, -0.2) is 71.0 Å². The van der Waals surface area contributed by atoms with Crippen molar-refractivity contribution in [1.82, 2.24) is 9.24 Å². The number of nitrogens with zero attached hydrogens (tertiary/aromatic N) is 3. The van der Waals surface area contributed by atoms with Crippen LogP contribution >= 0.6 is 0 Å². The summed E-state index contributed by atoms with van der Waals surface area (Å²) in [5.41, 5.74) is -2.60. The first kappa shape index (κ1) is 31.8. The number of ether oxygens (including phenoxy) is 1. The molecule has 222 valence electrons. The highest BCUT2D eigenvalue weighted by molar-refractivity contribution is 7.86. The van der Waals surface area contributed by atoms with Crippen molar-refractivity contribution in [2.75, 3.05) is 12.9 Å². The second kappa shape index (κ2) is 11.3. The molecule has 0 bridgehead atoms. The number of fused-ring (bicyclic) bond motifs is 1. The van der Waals surface area contributed by atoms with Crippen molar-refractivity contribution in [3.05, 3.63) is 43.2 Å². The van der Waals surface area contributed by atoms with Crippen LogP contribution in [0.2, 0.25) is 22.2 Å². The van der Waals surface area contributed by atoms with E-state index in [-0.39, 0.29) is 33.4 Å². The van der Waals surface area contributed by atoms with Crippen molar-refractivity contribution in [3.63, 3.8) is 0 Å². The minimum Gasteiger partial charge on any atom is -0.414 e. The maximum absolute atomic E-state index is 13.0. The molecule has 39 heavy (non-hydrogen) atoms. The van der Waals surface area contributed by atoms with Crippen molar-refractivity contribution >= 4 is 27.2 Å². The fourth-order valence-electron chi connectivity index (χ4n) is 5.48. The average Bonchev–Trinajstić information content (AvgIpc) is 3.07. The van der Waals surface area contributed by atoms with Gasteiger partial charge in [-0.2, -0.15) is 8.42 Å². The first-order valence-electron chi connectivity index (χ1n) is 12.9. The first-order valence-corrected chi connectivity index (χ1v) is 18.7. The number of nitro groups is 1. The molecule has 2 saturated heterocycles. The Balaban J connectivity index is 2.25. The van der Waals surface area contributed by atoms with Crippen LogP contribution in [0.4, 0.5) is 0 Å². The molecule has 0 radical (unpaired) electrons. The summed E-state index contributed by atoms with van der Waals surface area (Å²) >= 11 is 0. The van der Waals surface area contributed by atoms with E-state index in [0.29, 0.717) is 0 Å². The van der Waals surface area contributed by atoms with E-state index < -0.39 is 68.1 Å². The van der Waals surface area contributed by atoms with E-state index in [1.807, 2.05) is 55.4 Å². The molecular formula is C22H39N3O11SSi2. The minimum atomic E-state index is -4.13. The molecule has 0 spiro atoms. The molecule has 2 aliphatic rings. The quantitative estimate of drug-likeness (QED) is 0.183. The highest BCUT2D eigenvalue weighted by atomic mass is 32.2. The van der Waals surface area contributed by atoms with E-state index in [9.17, 15) is 28.1 Å². The van der Waals surface area contributed by atoms with Gasteiger partial charge in [-0.15, -0.1) is 0 Å². The fourth-order valence-corrected chi connectivity index (χ4v) is 17.3. The molecule has 4 atom stereocenters. The van der Waals surface area contributed by atoms with Gasteiger partial charge < -0.3 is 17.7 Å². The van der Waals surface area contributed by atoms with Crippen molar-refractivity contribution in [2.24, 2.45) is 0 Å². The normalized spacial score (nSPS) is 27.1. The Bertz CT molecular complexity index is 1280. The monoisotopic (exact) mass is 609 g/mol. The van der Waals surface area contributed by atoms with E-state index in [1.165, 1.54) is 0 Å². The zero-order valence-electron chi connectivity index (χ0n) is 23.7. The molecule has 3 heterocycles. The van der Waals surface area contributed by atoms with Crippen molar-refractivity contribution in [1.29, 1.82) is 0 Å². The first-order chi connectivity index (χ1) is 17.9. The summed E-state index contributed by atoms with van der Waals surface area (Å²) in [5, 5.41) is 10.3. The van der Waals surface area contributed by atoms with Crippen LogP contribution in [0, 0.1) is 10.1 Å². The summed E-state index contributed by atoms with van der Waals surface area (Å²) in [4.78, 5) is 36.5. The van der Waals surface area contributed by atoms with E-state index in [4.69, 9.17) is 21.9 Å². The summed E-state index contributed by atoms with van der Waals surface area (Å²) in [6.07, 6.45) is -3.00. The molecule has 1 aromatic heterocycles. The van der Waals surface area contributed by atoms with Gasteiger partial charge in [0.05, 0.1) is 12.9 Å². The third-order valence-electron chi connectivity index (χ3n) is 7.33. The standard InChI is InChI=1S/C22H39N3O11SSi2/c1-13(2)38(14(3)4)32-12-17-19(35-39(36-38,15(5)6)16(7)8)20(34-37(9,30)31)21(33-17)23-11-10-18(26)24(22(23)27)25(28)29/h10-11,13-17,19-21H,12H2,1-9H3/t17-,19-,20-,21-/m1/s1. The molecule has 2 fully saturated rings. The average molecular weight is 610 g/mol. The topological polar surface area (TPSA) is 167 Å². The molecule has 0 unspecified atom stereocenters. The van der Waals surface area contributed by atoms with Crippen LogP contribution in [0.1, 0.15) is 61.6 Å². The van der Waals surface area contributed by atoms with Gasteiger partial charge in [-0.1, -0.05) is 55.4 Å². The summed E-state index contributed by atoms with van der Waals surface area (Å²) in [7, 11) is -10.3. The van der Waals surface area contributed by atoms with Gasteiger partial charge in [0, 0.05) is 16.9 Å². The van der Waals surface area contributed by atoms with Gasteiger partial charge in [-0.05, 0) is 22.2 Å². The second-order valence-electron chi connectivity index (χ2n) is 11.3. The van der Waals surface area contributed by atoms with E-state index in [1.54, 1.807) is 0 Å². The number of aromatic nitrogens is 2. The predicted molar refractivity (Wildman–Crippen MR) is 145 cm³/mol. The van der Waals surface area contributed by atoms with E-state index in [2.05, 4.69) is 0 Å². The molecule has 0 N–H and O–H groups in total. The molecule has 3 rings (SSSR count). The van der Waals surface area contributed by atoms with Gasteiger partial charge in [0.15, 0.2) is 11.3 Å². The summed E-state index contributed by atoms with van der Waals surface area (Å²) < 4.78 is 57.6. The molecule has 14 nitrogen and oxygen atoms in total. The van der Waals surface area contributed by atoms with Gasteiger partial charge >= 0.3 is 28.4 Å². The van der Waals surface area contributed by atoms with Gasteiger partial charge in [-0.25, -0.2) is 14.9 Å². The molecule has 0 amide bonds. The zero-order valence-corrected chi connectivity index (χ0v) is 26.5. The van der Waals surface area contributed by atoms with E-state index >= 15 is 0 Å². The molecule has 0 saturated carbocycles. The summed E-state index contributed by atoms with van der Waals surface area (Å²) in [6.45, 7) is 16.1. The SMILES string of the molecule is CC(C)[Si]1(C(C)C)OC[C@H]2O[C@@H](n3ccc(=O)n([N+](=O)[O-])c3=O)[C@H](OS(C)(=O)=O)[C@@H]2O[Si](C(C)C)(C(C)C)O1. The maximum Gasteiger partial charge on any atom is 0.394 e. The Morgan fingerprint density at radius 3 is 2.03 bits per heavy atom. The molecule has 2 aliphatic heterocycles. The number of rotatable bonds is 8. The lowest BCUT2D eigenvalue weighted by Gasteiger charge is -2.51. The molecule has 0 aliphatic carbocycles. The van der Waals surface area contributed by atoms with Crippen LogP contribution in [0.15, 0.2) is 21.9 Å². The van der Waals surface area contributed by atoms with Crippen LogP contribution < -0.4 is 11.2 Å². The van der Waals surface area contributed by atoms with Crippen molar-refractivity contribution in [3.8, 4) is 0 Å². The number of hydrogen-bond donors (Lipinski definition) is 0. The second-order valence-corrected chi connectivity index (χ2v) is 21.7. The summed E-state index contributed by atoms with van der Waals surface area (Å²) in [5.74, 6) is 0. The highest BCUT2D eigenvalue weighted by Crippen LogP contribution is 2.48. The lowest BCUT2D eigenvalue weighted by atomic mass is 10.1. The lowest BCUT2D eigenvalue weighted by Crippen LogP contribution is -2.66. The fraction of sp³-hybridized carbons (Fsp3) is 0.818. The zero-order chi connectivity index (χ0) is 29.7. The van der Waals surface area contributed by atoms with Crippen molar-refractivity contribution in [2.45, 2.75) is 102 Å². The van der Waals surface area contributed by atoms with Crippen LogP contribution in [0.3, 0.4) is 0 Å². The minimum absolute atomic E-state index is 0.0357. The van der Waals surface area contributed by atoms with Crippen LogP contribution in [0.25, 0.3) is 0 Å². The smallest absolute Gasteiger partial charge is 0.394 e. The predicted octanol–water partition coefficient (Wildman–Crippen LogP) is 2.25. The van der Waals surface area contributed by atoms with Gasteiger partial charge in [0.2, 0.25) is 0 Å². The Morgan fingerprint density at radius 1 is 1.03 bits per heavy atom. The largest absolute Gasteiger partial charge is 0.414 e. The maximum atomic E-state index is 13.0. The molecule has 17 heteroatoms.